The summed E-state index contributed by atoms with van der Waals surface area (Å²) in [5, 5.41) is 2.84. The maximum atomic E-state index is 10.6. The Morgan fingerprint density at radius 1 is 1.36 bits per heavy atom. The highest BCUT2D eigenvalue weighted by molar-refractivity contribution is 5.89. The largest absolute Gasteiger partial charge is 0.442 e. The normalized spacial score (nSPS) is 10.5. The van der Waals surface area contributed by atoms with E-state index in [4.69, 9.17) is 0 Å². The molecule has 11 heavy (non-hydrogen) atoms. The predicted molar refractivity (Wildman–Crippen MR) is 38.0 cm³/mol. The summed E-state index contributed by atoms with van der Waals surface area (Å²) in [5.41, 5.74) is 3.96. The third-order valence-corrected chi connectivity index (χ3v) is 0.595. The van der Waals surface area contributed by atoms with Gasteiger partial charge in [0.25, 0.3) is 0 Å². The third-order valence-electron chi connectivity index (χ3n) is 0.595. The number of imide groups is 1. The van der Waals surface area contributed by atoms with E-state index in [9.17, 15) is 9.59 Å². The third kappa shape index (κ3) is 6.63. The van der Waals surface area contributed by atoms with Gasteiger partial charge in [0.2, 0.25) is 0 Å². The topological polar surface area (TPSA) is 83.5 Å². The Kier molecular flexibility index (Phi) is 2.86. The van der Waals surface area contributed by atoms with Crippen LogP contribution in [0.2, 0.25) is 0 Å². The molecule has 1 radical (unpaired) electrons. The number of carbonyl (C=O) groups excluding carboxylic acids is 2. The number of primary amides is 1. The summed E-state index contributed by atoms with van der Waals surface area (Å²) in [5.74, 6) is 0. The van der Waals surface area contributed by atoms with Crippen LogP contribution in [0.3, 0.4) is 0 Å². The van der Waals surface area contributed by atoms with E-state index < -0.39 is 17.7 Å². The summed E-state index contributed by atoms with van der Waals surface area (Å²) in [6.45, 7) is 5.00. The number of nitrogens with two attached hydrogens (primary N) is 1. The van der Waals surface area contributed by atoms with Crippen LogP contribution in [-0.4, -0.2) is 17.7 Å². The van der Waals surface area contributed by atoms with Gasteiger partial charge in [-0.3, -0.25) is 0 Å². The number of rotatable bonds is 0. The molecule has 0 aromatic heterocycles. The zero-order valence-corrected chi connectivity index (χ0v) is 6.75. The van der Waals surface area contributed by atoms with Gasteiger partial charge in [0, 0.05) is 0 Å². The van der Waals surface area contributed by atoms with Crippen LogP contribution in [0.25, 0.3) is 0 Å². The first-order chi connectivity index (χ1) is 4.81. The van der Waals surface area contributed by atoms with Crippen molar-refractivity contribution in [1.29, 1.82) is 0 Å². The van der Waals surface area contributed by atoms with E-state index in [0.717, 1.165) is 0 Å². The Morgan fingerprint density at radius 2 is 1.82 bits per heavy atom. The van der Waals surface area contributed by atoms with Crippen molar-refractivity contribution < 1.29 is 14.3 Å². The maximum Gasteiger partial charge on any atom is 0.438 e. The highest BCUT2D eigenvalue weighted by Crippen LogP contribution is 2.06. The van der Waals surface area contributed by atoms with Crippen LogP contribution < -0.4 is 11.1 Å². The second-order valence-corrected chi connectivity index (χ2v) is 2.93. The number of urea groups is 1. The fourth-order valence-electron chi connectivity index (χ4n) is 0.375. The van der Waals surface area contributed by atoms with Crippen molar-refractivity contribution in [3.63, 3.8) is 0 Å². The van der Waals surface area contributed by atoms with Crippen molar-refractivity contribution >= 4 is 12.1 Å². The average molecular weight is 159 g/mol. The second kappa shape index (κ2) is 3.23. The molecule has 0 aliphatic heterocycles. The minimum atomic E-state index is -1.04. The highest BCUT2D eigenvalue weighted by atomic mass is 16.6. The molecule has 0 aromatic carbocycles. The van der Waals surface area contributed by atoms with Crippen LogP contribution in [0.1, 0.15) is 20.8 Å². The van der Waals surface area contributed by atoms with Crippen molar-refractivity contribution in [3.8, 4) is 0 Å². The summed E-state index contributed by atoms with van der Waals surface area (Å²) in [7, 11) is 0. The van der Waals surface area contributed by atoms with E-state index in [1.54, 1.807) is 20.8 Å². The van der Waals surface area contributed by atoms with E-state index in [0.29, 0.717) is 0 Å². The molecule has 5 nitrogen and oxygen atoms in total. The molecule has 3 amide bonds. The maximum absolute atomic E-state index is 10.6. The lowest BCUT2D eigenvalue weighted by molar-refractivity contribution is 0.0544. The van der Waals surface area contributed by atoms with Gasteiger partial charge in [-0.1, -0.05) is 0 Å². The van der Waals surface area contributed by atoms with E-state index >= 15 is 0 Å². The van der Waals surface area contributed by atoms with E-state index in [1.165, 1.54) is 0 Å². The molecule has 0 heterocycles. The van der Waals surface area contributed by atoms with Crippen LogP contribution >= 0.6 is 0 Å². The molecule has 0 unspecified atom stereocenters. The lowest BCUT2D eigenvalue weighted by atomic mass is 10.2. The van der Waals surface area contributed by atoms with E-state index in [-0.39, 0.29) is 0 Å². The molecule has 0 atom stereocenters. The smallest absolute Gasteiger partial charge is 0.438 e. The Morgan fingerprint density at radius 3 is 2.09 bits per heavy atom. The van der Waals surface area contributed by atoms with Gasteiger partial charge in [-0.25, -0.2) is 9.59 Å². The first-order valence-electron chi connectivity index (χ1n) is 3.05. The lowest BCUT2D eigenvalue weighted by Gasteiger charge is -2.17. The molecular formula is C6H11N2O3. The van der Waals surface area contributed by atoms with Gasteiger partial charge in [-0.2, -0.15) is 0 Å². The van der Waals surface area contributed by atoms with E-state index in [2.05, 4.69) is 15.8 Å². The molecule has 5 heteroatoms. The van der Waals surface area contributed by atoms with Crippen molar-refractivity contribution in [2.24, 2.45) is 5.73 Å². The van der Waals surface area contributed by atoms with Crippen molar-refractivity contribution in [3.05, 3.63) is 0 Å². The molecule has 0 aliphatic rings. The van der Waals surface area contributed by atoms with Crippen molar-refractivity contribution in [1.82, 2.24) is 5.32 Å². The Hall–Kier alpha value is -1.26. The molecule has 0 saturated carbocycles. The first-order valence-corrected chi connectivity index (χ1v) is 3.05. The van der Waals surface area contributed by atoms with Crippen LogP contribution in [-0.2, 0) is 4.74 Å². The highest BCUT2D eigenvalue weighted by Gasteiger charge is 2.18. The van der Waals surface area contributed by atoms with Crippen LogP contribution in [0.5, 0.6) is 0 Å². The van der Waals surface area contributed by atoms with Gasteiger partial charge < -0.3 is 10.5 Å². The summed E-state index contributed by atoms with van der Waals surface area (Å²) < 4.78 is 4.64. The summed E-state index contributed by atoms with van der Waals surface area (Å²) in [6, 6.07) is -1.04. The monoisotopic (exact) mass is 159 g/mol. The number of hydrogen-bond donors (Lipinski definition) is 1. The van der Waals surface area contributed by atoms with Gasteiger partial charge >= 0.3 is 12.1 Å². The molecule has 0 saturated heterocycles. The summed E-state index contributed by atoms with van der Waals surface area (Å²) >= 11 is 0. The van der Waals surface area contributed by atoms with Gasteiger partial charge in [-0.15, -0.1) is 5.32 Å². The molecule has 0 aromatic rings. The predicted octanol–water partition coefficient (Wildman–Crippen LogP) is 0.605. The first kappa shape index (κ1) is 9.74. The van der Waals surface area contributed by atoms with Crippen LogP contribution in [0, 0.1) is 0 Å². The SMILES string of the molecule is CC(C)(C)OC(=O)[N]C(N)=O. The average Bonchev–Trinajstić information content (AvgIpc) is 1.53. The number of hydrogen-bond acceptors (Lipinski definition) is 3. The number of amides is 3. The molecule has 0 aliphatic carbocycles. The number of ether oxygens (including phenoxy) is 1. The fraction of sp³-hybridized carbons (Fsp3) is 0.667. The molecule has 0 fully saturated rings. The molecule has 0 spiro atoms. The minimum absolute atomic E-state index is 0.643. The zero-order chi connectivity index (χ0) is 9.07. The summed E-state index contributed by atoms with van der Waals surface area (Å²) in [4.78, 5) is 20.6. The quantitative estimate of drug-likeness (QED) is 0.561. The van der Waals surface area contributed by atoms with Gasteiger partial charge in [0.1, 0.15) is 5.60 Å². The molecule has 0 rings (SSSR count). The minimum Gasteiger partial charge on any atom is -0.442 e. The molecule has 2 N–H and O–H groups in total. The number of carbonyl (C=O) groups is 2. The Balaban J connectivity index is 3.80. The van der Waals surface area contributed by atoms with Crippen LogP contribution in [0.4, 0.5) is 9.59 Å². The Labute approximate surface area is 64.9 Å². The molecular weight excluding hydrogens is 148 g/mol. The summed E-state index contributed by atoms with van der Waals surface area (Å²) in [6.07, 6.45) is -0.954. The van der Waals surface area contributed by atoms with E-state index in [1.807, 2.05) is 0 Å². The van der Waals surface area contributed by atoms with Gasteiger partial charge in [0.05, 0.1) is 0 Å². The van der Waals surface area contributed by atoms with Gasteiger partial charge in [-0.05, 0) is 20.8 Å². The standard InChI is InChI=1S/C6H11N2O3/c1-6(2,3)11-5(10)8-4(7)9/h1-3H3,(H2,7,9). The van der Waals surface area contributed by atoms with Crippen LogP contribution in [0.15, 0.2) is 0 Å². The van der Waals surface area contributed by atoms with Gasteiger partial charge in [0.15, 0.2) is 0 Å². The molecule has 63 valence electrons. The van der Waals surface area contributed by atoms with Crippen molar-refractivity contribution in [2.75, 3.05) is 0 Å². The number of nitrogens with zero attached hydrogens (tertiary/aromatic N) is 1. The lowest BCUT2D eigenvalue weighted by Crippen LogP contribution is -2.34. The molecule has 0 bridgehead atoms. The van der Waals surface area contributed by atoms with Crippen molar-refractivity contribution in [2.45, 2.75) is 26.4 Å². The second-order valence-electron chi connectivity index (χ2n) is 2.93. The zero-order valence-electron chi connectivity index (χ0n) is 6.75. The Bertz CT molecular complexity index is 171. The fourth-order valence-corrected chi connectivity index (χ4v) is 0.375.